The highest BCUT2D eigenvalue weighted by molar-refractivity contribution is 5.11. The van der Waals surface area contributed by atoms with Gasteiger partial charge in [0, 0.05) is 0 Å². The van der Waals surface area contributed by atoms with Crippen molar-refractivity contribution < 1.29 is 0 Å². The van der Waals surface area contributed by atoms with Gasteiger partial charge in [0.05, 0.1) is 6.07 Å². The van der Waals surface area contributed by atoms with Gasteiger partial charge in [-0.25, -0.2) is 0 Å². The quantitative estimate of drug-likeness (QED) is 0.726. The Morgan fingerprint density at radius 1 is 1.32 bits per heavy atom. The lowest BCUT2D eigenvalue weighted by Gasteiger charge is -2.27. The summed E-state index contributed by atoms with van der Waals surface area (Å²) in [7, 11) is 4.23. The third kappa shape index (κ3) is 5.10. The molecular formula is C15H30N4. The van der Waals surface area contributed by atoms with Crippen LogP contribution in [-0.2, 0) is 0 Å². The van der Waals surface area contributed by atoms with E-state index in [0.717, 1.165) is 51.9 Å². The van der Waals surface area contributed by atoms with E-state index in [1.807, 2.05) is 0 Å². The molecule has 1 fully saturated rings. The Kier molecular flexibility index (Phi) is 6.78. The van der Waals surface area contributed by atoms with Crippen LogP contribution in [0, 0.1) is 17.2 Å². The highest BCUT2D eigenvalue weighted by Crippen LogP contribution is 2.35. The summed E-state index contributed by atoms with van der Waals surface area (Å²) >= 11 is 0. The van der Waals surface area contributed by atoms with Crippen molar-refractivity contribution in [1.29, 1.82) is 5.26 Å². The molecule has 1 saturated carbocycles. The summed E-state index contributed by atoms with van der Waals surface area (Å²) in [5.74, 6) is 0.389. The number of nitrogens with two attached hydrogens (primary N) is 1. The minimum absolute atomic E-state index is 0.389. The molecule has 2 unspecified atom stereocenters. The molecular weight excluding hydrogens is 236 g/mol. The average molecular weight is 266 g/mol. The van der Waals surface area contributed by atoms with Crippen LogP contribution >= 0.6 is 0 Å². The maximum atomic E-state index is 9.23. The molecule has 0 radical (unpaired) electrons. The van der Waals surface area contributed by atoms with Crippen molar-refractivity contribution >= 4 is 0 Å². The highest BCUT2D eigenvalue weighted by Gasteiger charge is 2.39. The van der Waals surface area contributed by atoms with Gasteiger partial charge in [-0.05, 0) is 71.9 Å². The Balaban J connectivity index is 2.31. The molecule has 1 aliphatic rings. The summed E-state index contributed by atoms with van der Waals surface area (Å²) in [5.41, 5.74) is 5.63. The first kappa shape index (κ1) is 16.4. The van der Waals surface area contributed by atoms with E-state index in [1.54, 1.807) is 0 Å². The number of nitrogens with zero attached hydrogens (tertiary/aromatic N) is 3. The average Bonchev–Trinajstić information content (AvgIpc) is 2.75. The number of nitriles is 1. The zero-order valence-corrected chi connectivity index (χ0v) is 12.9. The van der Waals surface area contributed by atoms with Crippen molar-refractivity contribution in [2.24, 2.45) is 11.7 Å². The van der Waals surface area contributed by atoms with Crippen LogP contribution in [0.25, 0.3) is 0 Å². The minimum atomic E-state index is -0.553. The van der Waals surface area contributed by atoms with Gasteiger partial charge in [-0.15, -0.1) is 0 Å². The zero-order valence-electron chi connectivity index (χ0n) is 12.9. The van der Waals surface area contributed by atoms with Crippen LogP contribution in [0.2, 0.25) is 0 Å². The van der Waals surface area contributed by atoms with Crippen LogP contribution in [0.1, 0.15) is 39.0 Å². The van der Waals surface area contributed by atoms with Crippen molar-refractivity contribution in [3.63, 3.8) is 0 Å². The Morgan fingerprint density at radius 3 is 2.63 bits per heavy atom. The fourth-order valence-electron chi connectivity index (χ4n) is 3.03. The third-order valence-electron chi connectivity index (χ3n) is 4.40. The lowest BCUT2D eigenvalue weighted by molar-refractivity contribution is 0.234. The fraction of sp³-hybridized carbons (Fsp3) is 0.933. The topological polar surface area (TPSA) is 56.3 Å². The normalized spacial score (nSPS) is 27.1. The van der Waals surface area contributed by atoms with Crippen LogP contribution in [0.5, 0.6) is 0 Å². The first-order chi connectivity index (χ1) is 9.01. The molecule has 0 aliphatic heterocycles. The second-order valence-electron chi connectivity index (χ2n) is 6.12. The maximum absolute atomic E-state index is 9.23. The Hall–Kier alpha value is -0.630. The van der Waals surface area contributed by atoms with Crippen LogP contribution < -0.4 is 5.73 Å². The molecule has 2 atom stereocenters. The minimum Gasteiger partial charge on any atom is -0.313 e. The van der Waals surface area contributed by atoms with Crippen molar-refractivity contribution in [1.82, 2.24) is 9.80 Å². The highest BCUT2D eigenvalue weighted by atomic mass is 15.1. The molecule has 1 aliphatic carbocycles. The molecule has 110 valence electrons. The Labute approximate surface area is 118 Å². The molecule has 0 saturated heterocycles. The van der Waals surface area contributed by atoms with E-state index in [2.05, 4.69) is 36.9 Å². The molecule has 19 heavy (non-hydrogen) atoms. The zero-order chi connectivity index (χ0) is 14.3. The Morgan fingerprint density at radius 2 is 2.05 bits per heavy atom. The molecule has 2 N–H and O–H groups in total. The van der Waals surface area contributed by atoms with Crippen LogP contribution in [0.15, 0.2) is 0 Å². The van der Waals surface area contributed by atoms with Crippen molar-refractivity contribution in [3.8, 4) is 6.07 Å². The van der Waals surface area contributed by atoms with Gasteiger partial charge in [-0.2, -0.15) is 5.26 Å². The van der Waals surface area contributed by atoms with Gasteiger partial charge in [-0.1, -0.05) is 13.3 Å². The molecule has 0 bridgehead atoms. The van der Waals surface area contributed by atoms with E-state index in [4.69, 9.17) is 5.73 Å². The summed E-state index contributed by atoms with van der Waals surface area (Å²) in [4.78, 5) is 4.71. The largest absolute Gasteiger partial charge is 0.313 e. The molecule has 0 heterocycles. The molecule has 1 rings (SSSR count). The van der Waals surface area contributed by atoms with Gasteiger partial charge in [0.2, 0.25) is 0 Å². The van der Waals surface area contributed by atoms with Gasteiger partial charge in [-0.3, -0.25) is 0 Å². The number of hydrogen-bond donors (Lipinski definition) is 1. The summed E-state index contributed by atoms with van der Waals surface area (Å²) in [5, 5.41) is 9.23. The SMILES string of the molecule is CCN(CCCN(C)C)CCC1CCCC1(N)C#N. The first-order valence-electron chi connectivity index (χ1n) is 7.59. The van der Waals surface area contributed by atoms with Gasteiger partial charge in [0.1, 0.15) is 5.54 Å². The number of hydrogen-bond acceptors (Lipinski definition) is 4. The molecule has 0 amide bonds. The van der Waals surface area contributed by atoms with E-state index >= 15 is 0 Å². The standard InChI is InChI=1S/C15H30N4/c1-4-19(11-6-10-18(2)3)12-8-14-7-5-9-15(14,17)13-16/h14H,4-12,17H2,1-3H3. The first-order valence-corrected chi connectivity index (χ1v) is 7.59. The van der Waals surface area contributed by atoms with Gasteiger partial charge in [0.15, 0.2) is 0 Å². The molecule has 0 aromatic heterocycles. The van der Waals surface area contributed by atoms with Gasteiger partial charge >= 0.3 is 0 Å². The predicted octanol–water partition coefficient (Wildman–Crippen LogP) is 1.67. The third-order valence-corrected chi connectivity index (χ3v) is 4.40. The van der Waals surface area contributed by atoms with E-state index in [-0.39, 0.29) is 0 Å². The second-order valence-corrected chi connectivity index (χ2v) is 6.12. The van der Waals surface area contributed by atoms with Gasteiger partial charge in [0.25, 0.3) is 0 Å². The van der Waals surface area contributed by atoms with Crippen LogP contribution in [-0.4, -0.2) is 55.6 Å². The van der Waals surface area contributed by atoms with Crippen molar-refractivity contribution in [3.05, 3.63) is 0 Å². The fourth-order valence-corrected chi connectivity index (χ4v) is 3.03. The van der Waals surface area contributed by atoms with Crippen LogP contribution in [0.4, 0.5) is 0 Å². The summed E-state index contributed by atoms with van der Waals surface area (Å²) in [6, 6.07) is 2.34. The Bertz CT molecular complexity index is 297. The second kappa shape index (κ2) is 7.84. The van der Waals surface area contributed by atoms with Crippen LogP contribution in [0.3, 0.4) is 0 Å². The molecule has 0 aromatic rings. The van der Waals surface area contributed by atoms with Gasteiger partial charge < -0.3 is 15.5 Å². The molecule has 4 nitrogen and oxygen atoms in total. The van der Waals surface area contributed by atoms with E-state index < -0.39 is 5.54 Å². The lowest BCUT2D eigenvalue weighted by atomic mass is 9.87. The summed E-state index contributed by atoms with van der Waals surface area (Å²) in [6.45, 7) is 6.66. The predicted molar refractivity (Wildman–Crippen MR) is 79.8 cm³/mol. The summed E-state index contributed by atoms with van der Waals surface area (Å²) in [6.07, 6.45) is 5.39. The maximum Gasteiger partial charge on any atom is 0.107 e. The molecule has 0 aromatic carbocycles. The van der Waals surface area contributed by atoms with E-state index in [1.165, 1.54) is 6.42 Å². The molecule has 4 heteroatoms. The summed E-state index contributed by atoms with van der Waals surface area (Å²) < 4.78 is 0. The van der Waals surface area contributed by atoms with Crippen molar-refractivity contribution in [2.45, 2.75) is 44.6 Å². The smallest absolute Gasteiger partial charge is 0.107 e. The van der Waals surface area contributed by atoms with E-state index in [0.29, 0.717) is 5.92 Å². The lowest BCUT2D eigenvalue weighted by Crippen LogP contribution is -2.43. The monoisotopic (exact) mass is 266 g/mol. The molecule has 0 spiro atoms. The van der Waals surface area contributed by atoms with Crippen molar-refractivity contribution in [2.75, 3.05) is 40.3 Å². The van der Waals surface area contributed by atoms with E-state index in [9.17, 15) is 5.26 Å². The number of rotatable bonds is 8.